The number of rotatable bonds is 2. The number of amides is 1. The number of hydrogen-bond acceptors (Lipinski definition) is 3. The molecule has 19 heavy (non-hydrogen) atoms. The molecular formula is C14H20N2O3. The molecule has 1 unspecified atom stereocenters. The van der Waals surface area contributed by atoms with Gasteiger partial charge < -0.3 is 14.6 Å². The van der Waals surface area contributed by atoms with Crippen LogP contribution in [-0.2, 0) is 4.74 Å². The highest BCUT2D eigenvalue weighted by molar-refractivity contribution is 6.02. The first-order valence-electron chi connectivity index (χ1n) is 6.52. The summed E-state index contributed by atoms with van der Waals surface area (Å²) in [5.74, 6) is -0.0658. The first-order valence-corrected chi connectivity index (χ1v) is 6.52. The minimum Gasteiger partial charge on any atom is -0.375 e. The number of H-pyrrole nitrogens is 1. The molecule has 1 aromatic heterocycles. The highest BCUT2D eigenvalue weighted by Gasteiger charge is 2.26. The summed E-state index contributed by atoms with van der Waals surface area (Å²) in [6.45, 7) is 8.86. The fourth-order valence-corrected chi connectivity index (χ4v) is 2.65. The van der Waals surface area contributed by atoms with Crippen molar-refractivity contribution in [2.75, 3.05) is 19.7 Å². The smallest absolute Gasteiger partial charge is 0.270 e. The molecule has 1 fully saturated rings. The molecule has 0 saturated carbocycles. The SMILES string of the molecule is CC(=O)c1c(C)[nH]c(C(=O)N2CCOC(C)C2)c1C. The van der Waals surface area contributed by atoms with Gasteiger partial charge in [-0.05, 0) is 33.3 Å². The van der Waals surface area contributed by atoms with Gasteiger partial charge in [0, 0.05) is 24.3 Å². The van der Waals surface area contributed by atoms with Crippen molar-refractivity contribution in [3.63, 3.8) is 0 Å². The molecule has 1 aliphatic heterocycles. The zero-order chi connectivity index (χ0) is 14.2. The van der Waals surface area contributed by atoms with Crippen LogP contribution in [-0.4, -0.2) is 47.4 Å². The number of nitrogens with one attached hydrogen (secondary N) is 1. The lowest BCUT2D eigenvalue weighted by Crippen LogP contribution is -2.44. The standard InChI is InChI=1S/C14H20N2O3/c1-8-7-16(5-6-19-8)14(18)13-9(2)12(11(4)17)10(3)15-13/h8,15H,5-7H2,1-4H3. The molecule has 0 aromatic carbocycles. The van der Waals surface area contributed by atoms with E-state index in [0.29, 0.717) is 31.0 Å². The number of hydrogen-bond donors (Lipinski definition) is 1. The topological polar surface area (TPSA) is 62.4 Å². The van der Waals surface area contributed by atoms with Crippen molar-refractivity contribution < 1.29 is 14.3 Å². The van der Waals surface area contributed by atoms with Gasteiger partial charge in [0.2, 0.25) is 0 Å². The molecule has 2 rings (SSSR count). The summed E-state index contributed by atoms with van der Waals surface area (Å²) >= 11 is 0. The van der Waals surface area contributed by atoms with Crippen LogP contribution in [0.3, 0.4) is 0 Å². The molecule has 0 bridgehead atoms. The normalized spacial score (nSPS) is 19.6. The van der Waals surface area contributed by atoms with Crippen LogP contribution in [0.5, 0.6) is 0 Å². The average molecular weight is 264 g/mol. The zero-order valence-corrected chi connectivity index (χ0v) is 11.9. The first-order chi connectivity index (χ1) is 8.91. The minimum atomic E-state index is -0.0525. The Balaban J connectivity index is 2.29. The molecule has 1 aliphatic rings. The van der Waals surface area contributed by atoms with Crippen LogP contribution in [0, 0.1) is 13.8 Å². The highest BCUT2D eigenvalue weighted by Crippen LogP contribution is 2.20. The minimum absolute atomic E-state index is 0.0133. The van der Waals surface area contributed by atoms with Gasteiger partial charge in [-0.15, -0.1) is 0 Å². The Morgan fingerprint density at radius 1 is 1.37 bits per heavy atom. The van der Waals surface area contributed by atoms with Crippen molar-refractivity contribution in [3.05, 3.63) is 22.5 Å². The third kappa shape index (κ3) is 2.56. The molecule has 1 amide bonds. The van der Waals surface area contributed by atoms with E-state index in [0.717, 1.165) is 11.3 Å². The van der Waals surface area contributed by atoms with Gasteiger partial charge in [0.1, 0.15) is 5.69 Å². The maximum Gasteiger partial charge on any atom is 0.270 e. The predicted octanol–water partition coefficient (Wildman–Crippen LogP) is 1.70. The Morgan fingerprint density at radius 3 is 2.58 bits per heavy atom. The third-order valence-electron chi connectivity index (χ3n) is 3.53. The second-order valence-corrected chi connectivity index (χ2v) is 5.11. The van der Waals surface area contributed by atoms with E-state index in [1.807, 2.05) is 20.8 Å². The van der Waals surface area contributed by atoms with Gasteiger partial charge in [-0.1, -0.05) is 0 Å². The van der Waals surface area contributed by atoms with Crippen LogP contribution < -0.4 is 0 Å². The molecular weight excluding hydrogens is 244 g/mol. The van der Waals surface area contributed by atoms with E-state index < -0.39 is 0 Å². The highest BCUT2D eigenvalue weighted by atomic mass is 16.5. The van der Waals surface area contributed by atoms with Crippen molar-refractivity contribution in [2.45, 2.75) is 33.8 Å². The van der Waals surface area contributed by atoms with Crippen molar-refractivity contribution >= 4 is 11.7 Å². The van der Waals surface area contributed by atoms with E-state index in [-0.39, 0.29) is 17.8 Å². The number of aromatic nitrogens is 1. The Bertz CT molecular complexity index is 519. The maximum absolute atomic E-state index is 12.5. The summed E-state index contributed by atoms with van der Waals surface area (Å²) in [4.78, 5) is 28.9. The van der Waals surface area contributed by atoms with Gasteiger partial charge in [-0.3, -0.25) is 9.59 Å². The Morgan fingerprint density at radius 2 is 2.05 bits per heavy atom. The molecule has 0 spiro atoms. The van der Waals surface area contributed by atoms with Gasteiger partial charge in [0.05, 0.1) is 12.7 Å². The third-order valence-corrected chi connectivity index (χ3v) is 3.53. The Labute approximate surface area is 112 Å². The van der Waals surface area contributed by atoms with Gasteiger partial charge in [0.15, 0.2) is 5.78 Å². The second-order valence-electron chi connectivity index (χ2n) is 5.11. The number of aryl methyl sites for hydroxylation is 1. The van der Waals surface area contributed by atoms with E-state index in [1.165, 1.54) is 6.92 Å². The fraction of sp³-hybridized carbons (Fsp3) is 0.571. The van der Waals surface area contributed by atoms with E-state index in [1.54, 1.807) is 4.90 Å². The number of ketones is 1. The number of ether oxygens (including phenoxy) is 1. The van der Waals surface area contributed by atoms with Crippen LogP contribution >= 0.6 is 0 Å². The van der Waals surface area contributed by atoms with E-state index >= 15 is 0 Å². The molecule has 0 aliphatic carbocycles. The molecule has 5 heteroatoms. The summed E-state index contributed by atoms with van der Waals surface area (Å²) in [6.07, 6.45) is 0.0568. The van der Waals surface area contributed by atoms with E-state index in [9.17, 15) is 9.59 Å². The molecule has 1 N–H and O–H groups in total. The second kappa shape index (κ2) is 5.17. The maximum atomic E-state index is 12.5. The van der Waals surface area contributed by atoms with Gasteiger partial charge in [0.25, 0.3) is 5.91 Å². The van der Waals surface area contributed by atoms with Crippen molar-refractivity contribution in [1.82, 2.24) is 9.88 Å². The summed E-state index contributed by atoms with van der Waals surface area (Å²) in [7, 11) is 0. The van der Waals surface area contributed by atoms with Crippen LogP contribution in [0.2, 0.25) is 0 Å². The van der Waals surface area contributed by atoms with Crippen LogP contribution in [0.15, 0.2) is 0 Å². The van der Waals surface area contributed by atoms with E-state index in [2.05, 4.69) is 4.98 Å². The summed E-state index contributed by atoms with van der Waals surface area (Å²) < 4.78 is 5.43. The van der Waals surface area contributed by atoms with Crippen molar-refractivity contribution in [2.24, 2.45) is 0 Å². The van der Waals surface area contributed by atoms with Gasteiger partial charge in [-0.25, -0.2) is 0 Å². The monoisotopic (exact) mass is 264 g/mol. The number of nitrogens with zero attached hydrogens (tertiary/aromatic N) is 1. The van der Waals surface area contributed by atoms with E-state index in [4.69, 9.17) is 4.74 Å². The summed E-state index contributed by atoms with van der Waals surface area (Å²) in [6, 6.07) is 0. The molecule has 2 heterocycles. The quantitative estimate of drug-likeness (QED) is 0.827. The Hall–Kier alpha value is -1.62. The number of Topliss-reactive ketones (excluding diaryl/α,β-unsaturated/α-hetero) is 1. The number of carbonyl (C=O) groups excluding carboxylic acids is 2. The molecule has 1 atom stereocenters. The lowest BCUT2D eigenvalue weighted by atomic mass is 10.1. The molecule has 1 aromatic rings. The van der Waals surface area contributed by atoms with Crippen molar-refractivity contribution in [3.8, 4) is 0 Å². The largest absolute Gasteiger partial charge is 0.375 e. The van der Waals surface area contributed by atoms with Crippen LogP contribution in [0.4, 0.5) is 0 Å². The zero-order valence-electron chi connectivity index (χ0n) is 11.9. The molecule has 104 valence electrons. The van der Waals surface area contributed by atoms with Gasteiger partial charge >= 0.3 is 0 Å². The lowest BCUT2D eigenvalue weighted by molar-refractivity contribution is -0.0126. The van der Waals surface area contributed by atoms with Crippen molar-refractivity contribution in [1.29, 1.82) is 0 Å². The molecule has 0 radical (unpaired) electrons. The predicted molar refractivity (Wildman–Crippen MR) is 71.6 cm³/mol. The summed E-state index contributed by atoms with van der Waals surface area (Å²) in [5.41, 5.74) is 2.66. The molecule has 5 nitrogen and oxygen atoms in total. The average Bonchev–Trinajstić information content (AvgIpc) is 2.63. The lowest BCUT2D eigenvalue weighted by Gasteiger charge is -2.31. The molecule has 1 saturated heterocycles. The van der Waals surface area contributed by atoms with Crippen LogP contribution in [0.25, 0.3) is 0 Å². The number of aromatic amines is 1. The van der Waals surface area contributed by atoms with Crippen LogP contribution in [0.1, 0.15) is 46.0 Å². The number of carbonyl (C=O) groups is 2. The Kier molecular flexibility index (Phi) is 3.75. The van der Waals surface area contributed by atoms with Gasteiger partial charge in [-0.2, -0.15) is 0 Å². The fourth-order valence-electron chi connectivity index (χ4n) is 2.65. The summed E-state index contributed by atoms with van der Waals surface area (Å²) in [5, 5.41) is 0. The first kappa shape index (κ1) is 13.8. The number of morpholine rings is 1.